The minimum Gasteiger partial charge on any atom is -0.460 e. The summed E-state index contributed by atoms with van der Waals surface area (Å²) in [7, 11) is -2.30. The number of rotatable bonds is 9. The van der Waals surface area contributed by atoms with Gasteiger partial charge < -0.3 is 9.26 Å². The molecule has 0 aromatic heterocycles. The van der Waals surface area contributed by atoms with Crippen LogP contribution >= 0.6 is 7.60 Å². The van der Waals surface area contributed by atoms with Gasteiger partial charge in [0.05, 0.1) is 19.4 Å². The molecular formula is C9H17O7P. The molecule has 0 fully saturated rings. The molecule has 0 saturated carbocycles. The molecule has 0 aromatic carbocycles. The smallest absolute Gasteiger partial charge is 0.374 e. The average molecular weight is 268 g/mol. The maximum atomic E-state index is 11.8. The fourth-order valence-corrected chi connectivity index (χ4v) is 1.91. The highest BCUT2D eigenvalue weighted by Gasteiger charge is 2.27. The average Bonchev–Trinajstić information content (AvgIpc) is 2.33. The standard InChI is InChI=1S/C9H17O7P/c1-4-14-9(11)8(10)6-7-17(12,13-3)16-15-5-2/h4-7H2,1-3H3. The maximum Gasteiger partial charge on any atom is 0.374 e. The lowest BCUT2D eigenvalue weighted by atomic mass is 10.3. The van der Waals surface area contributed by atoms with Gasteiger partial charge in [-0.3, -0.25) is 9.36 Å². The van der Waals surface area contributed by atoms with Gasteiger partial charge in [-0.2, -0.15) is 0 Å². The summed E-state index contributed by atoms with van der Waals surface area (Å²) in [4.78, 5) is 26.7. The molecular weight excluding hydrogens is 251 g/mol. The molecule has 0 aliphatic rings. The van der Waals surface area contributed by atoms with E-state index in [2.05, 4.69) is 18.8 Å². The van der Waals surface area contributed by atoms with Crippen LogP contribution < -0.4 is 0 Å². The fraction of sp³-hybridized carbons (Fsp3) is 0.778. The Morgan fingerprint density at radius 2 is 1.82 bits per heavy atom. The molecule has 0 heterocycles. The third-order valence-corrected chi connectivity index (χ3v) is 3.34. The van der Waals surface area contributed by atoms with Crippen LogP contribution in [0.1, 0.15) is 20.3 Å². The molecule has 0 saturated heterocycles. The number of carbonyl (C=O) groups excluding carboxylic acids is 2. The quantitative estimate of drug-likeness (QED) is 0.205. The lowest BCUT2D eigenvalue weighted by molar-refractivity contribution is -0.209. The van der Waals surface area contributed by atoms with E-state index in [4.69, 9.17) is 0 Å². The first kappa shape index (κ1) is 16.2. The van der Waals surface area contributed by atoms with Crippen molar-refractivity contribution in [3.05, 3.63) is 0 Å². The first-order valence-electron chi connectivity index (χ1n) is 5.15. The first-order chi connectivity index (χ1) is 7.99. The van der Waals surface area contributed by atoms with Crippen molar-refractivity contribution in [1.29, 1.82) is 0 Å². The molecule has 100 valence electrons. The molecule has 0 amide bonds. The highest BCUT2D eigenvalue weighted by atomic mass is 31.2. The van der Waals surface area contributed by atoms with Crippen LogP contribution in [0.15, 0.2) is 0 Å². The summed E-state index contributed by atoms with van der Waals surface area (Å²) in [6.07, 6.45) is -0.516. The molecule has 17 heavy (non-hydrogen) atoms. The van der Waals surface area contributed by atoms with Crippen LogP contribution in [-0.4, -0.2) is 38.2 Å². The van der Waals surface area contributed by atoms with E-state index in [-0.39, 0.29) is 25.8 Å². The molecule has 0 radical (unpaired) electrons. The van der Waals surface area contributed by atoms with Crippen molar-refractivity contribution >= 4 is 19.3 Å². The zero-order chi connectivity index (χ0) is 13.3. The predicted octanol–water partition coefficient (Wildman–Crippen LogP) is 1.32. The summed E-state index contributed by atoms with van der Waals surface area (Å²) in [6, 6.07) is 0. The molecule has 0 spiro atoms. The molecule has 0 aromatic rings. The van der Waals surface area contributed by atoms with Crippen molar-refractivity contribution in [1.82, 2.24) is 0 Å². The molecule has 0 rings (SSSR count). The minimum atomic E-state index is -3.48. The lowest BCUT2D eigenvalue weighted by Gasteiger charge is -2.13. The summed E-state index contributed by atoms with van der Waals surface area (Å²) in [5.41, 5.74) is 0. The zero-order valence-corrected chi connectivity index (χ0v) is 11.0. The van der Waals surface area contributed by atoms with E-state index in [9.17, 15) is 14.2 Å². The number of hydrogen-bond donors (Lipinski definition) is 0. The monoisotopic (exact) mass is 268 g/mol. The lowest BCUT2D eigenvalue weighted by Crippen LogP contribution is -2.18. The highest BCUT2D eigenvalue weighted by molar-refractivity contribution is 7.53. The Hall–Kier alpha value is -0.750. The molecule has 1 atom stereocenters. The number of hydrogen-bond acceptors (Lipinski definition) is 7. The van der Waals surface area contributed by atoms with E-state index in [1.807, 2.05) is 0 Å². The van der Waals surface area contributed by atoms with E-state index in [1.165, 1.54) is 7.11 Å². The first-order valence-corrected chi connectivity index (χ1v) is 6.87. The normalized spacial score (nSPS) is 14.1. The van der Waals surface area contributed by atoms with Gasteiger partial charge in [-0.1, -0.05) is 0 Å². The Bertz CT molecular complexity index is 302. The topological polar surface area (TPSA) is 88.1 Å². The van der Waals surface area contributed by atoms with Crippen molar-refractivity contribution in [2.45, 2.75) is 20.3 Å². The molecule has 0 bridgehead atoms. The highest BCUT2D eigenvalue weighted by Crippen LogP contribution is 2.47. The largest absolute Gasteiger partial charge is 0.460 e. The summed E-state index contributed by atoms with van der Waals surface area (Å²) < 4.78 is 25.4. The Balaban J connectivity index is 4.18. The van der Waals surface area contributed by atoms with Gasteiger partial charge in [0.15, 0.2) is 0 Å². The van der Waals surface area contributed by atoms with Gasteiger partial charge in [0.1, 0.15) is 0 Å². The van der Waals surface area contributed by atoms with Crippen LogP contribution in [0.2, 0.25) is 0 Å². The Morgan fingerprint density at radius 1 is 1.18 bits per heavy atom. The van der Waals surface area contributed by atoms with Gasteiger partial charge in [0.2, 0.25) is 5.78 Å². The maximum absolute atomic E-state index is 11.8. The second kappa shape index (κ2) is 8.36. The second-order valence-corrected chi connectivity index (χ2v) is 5.08. The van der Waals surface area contributed by atoms with Crippen molar-refractivity contribution in [3.8, 4) is 0 Å². The van der Waals surface area contributed by atoms with Gasteiger partial charge in [0, 0.05) is 13.5 Å². The summed E-state index contributed by atoms with van der Waals surface area (Å²) in [5.74, 6) is -1.73. The zero-order valence-electron chi connectivity index (χ0n) is 10.1. The SMILES string of the molecule is CCOOP(=O)(CCC(=O)C(=O)OCC)OC. The van der Waals surface area contributed by atoms with Crippen LogP contribution in [0.4, 0.5) is 0 Å². The van der Waals surface area contributed by atoms with E-state index < -0.39 is 19.3 Å². The van der Waals surface area contributed by atoms with Crippen LogP contribution in [0.25, 0.3) is 0 Å². The summed E-state index contributed by atoms with van der Waals surface area (Å²) >= 11 is 0. The van der Waals surface area contributed by atoms with Crippen LogP contribution in [0.5, 0.6) is 0 Å². The van der Waals surface area contributed by atoms with Gasteiger partial charge in [0.25, 0.3) is 0 Å². The van der Waals surface area contributed by atoms with Crippen LogP contribution in [0, 0.1) is 0 Å². The van der Waals surface area contributed by atoms with Gasteiger partial charge in [-0.05, 0) is 13.8 Å². The van der Waals surface area contributed by atoms with E-state index in [0.29, 0.717) is 0 Å². The third-order valence-electron chi connectivity index (χ3n) is 1.68. The predicted molar refractivity (Wildman–Crippen MR) is 58.5 cm³/mol. The van der Waals surface area contributed by atoms with Gasteiger partial charge >= 0.3 is 13.6 Å². The molecule has 0 aliphatic carbocycles. The van der Waals surface area contributed by atoms with Crippen molar-refractivity contribution in [3.63, 3.8) is 0 Å². The number of esters is 1. The Labute approximate surface area is 99.8 Å². The van der Waals surface area contributed by atoms with E-state index in [1.54, 1.807) is 13.8 Å². The van der Waals surface area contributed by atoms with Crippen LogP contribution in [-0.2, 0) is 33.0 Å². The van der Waals surface area contributed by atoms with Crippen molar-refractivity contribution in [2.24, 2.45) is 0 Å². The van der Waals surface area contributed by atoms with Crippen molar-refractivity contribution in [2.75, 3.05) is 26.5 Å². The van der Waals surface area contributed by atoms with E-state index in [0.717, 1.165) is 0 Å². The van der Waals surface area contributed by atoms with E-state index >= 15 is 0 Å². The van der Waals surface area contributed by atoms with Crippen molar-refractivity contribution < 1.29 is 33.0 Å². The fourth-order valence-electron chi connectivity index (χ4n) is 0.844. The van der Waals surface area contributed by atoms with Gasteiger partial charge in [-0.25, -0.2) is 9.68 Å². The number of carbonyl (C=O) groups is 2. The molecule has 0 N–H and O–H groups in total. The summed E-state index contributed by atoms with van der Waals surface area (Å²) in [6.45, 7) is 3.54. The Morgan fingerprint density at radius 3 is 2.29 bits per heavy atom. The number of Topliss-reactive ketones (excluding diaryl/α,β-unsaturated/α-hetero) is 1. The van der Waals surface area contributed by atoms with Gasteiger partial charge in [-0.15, -0.1) is 4.67 Å². The summed E-state index contributed by atoms with van der Waals surface area (Å²) in [5, 5.41) is 0. The second-order valence-electron chi connectivity index (χ2n) is 2.89. The number of ketones is 1. The number of ether oxygens (including phenoxy) is 1. The van der Waals surface area contributed by atoms with Crippen LogP contribution in [0.3, 0.4) is 0 Å². The Kier molecular flexibility index (Phi) is 7.99. The molecule has 8 heteroatoms. The molecule has 7 nitrogen and oxygen atoms in total. The molecule has 1 unspecified atom stereocenters. The third kappa shape index (κ3) is 6.53. The molecule has 0 aliphatic heterocycles. The minimum absolute atomic E-state index is 0.113.